The Morgan fingerprint density at radius 2 is 0.779 bits per heavy atom. The molecule has 4 heterocycles. The predicted molar refractivity (Wildman–Crippen MR) is 377 cm³/mol. The van der Waals surface area contributed by atoms with Gasteiger partial charge in [0, 0.05) is 19.6 Å². The fourth-order valence-corrected chi connectivity index (χ4v) is 11.7. The molecule has 0 spiro atoms. The molecule has 10 rings (SSSR count). The number of anilines is 1. The van der Waals surface area contributed by atoms with Gasteiger partial charge in [-0.3, -0.25) is 0 Å². The number of halogens is 10. The van der Waals surface area contributed by atoms with Crippen molar-refractivity contribution < 1.29 is 62.5 Å². The molecular weight excluding hydrogens is 1270 g/mol. The minimum atomic E-state index is -9.55. The molecule has 0 unspecified atom stereocenters. The van der Waals surface area contributed by atoms with Gasteiger partial charge >= 0.3 is 20.4 Å². The van der Waals surface area contributed by atoms with Crippen molar-refractivity contribution in [1.29, 1.82) is 0 Å². The first kappa shape index (κ1) is 79.8. The summed E-state index contributed by atoms with van der Waals surface area (Å²) in [6, 6.07) is 32.8. The van der Waals surface area contributed by atoms with Crippen molar-refractivity contribution in [3.8, 4) is 28.7 Å². The Kier molecular flexibility index (Phi) is 28.6. The molecule has 7 nitrogen and oxygen atoms in total. The minimum absolute atomic E-state index is 0.0682. The zero-order valence-electron chi connectivity index (χ0n) is 58.4. The van der Waals surface area contributed by atoms with E-state index in [0.717, 1.165) is 116 Å². The van der Waals surface area contributed by atoms with Crippen LogP contribution in [-0.4, -0.2) is 52.7 Å². The second-order valence-corrected chi connectivity index (χ2v) is 32.6. The van der Waals surface area contributed by atoms with Crippen LogP contribution in [0.2, 0.25) is 0 Å². The van der Waals surface area contributed by atoms with Crippen molar-refractivity contribution in [2.24, 2.45) is 29.6 Å². The smallest absolute Gasteiger partial charge is 0.310 e. The molecule has 0 aliphatic carbocycles. The Morgan fingerprint density at radius 3 is 1.29 bits per heavy atom. The Hall–Kier alpha value is -5.92. The van der Waals surface area contributed by atoms with E-state index in [9.17, 15) is 38.9 Å². The molecule has 1 N–H and O–H groups in total. The number of fused-ring (bicyclic) bond motifs is 4. The third-order valence-electron chi connectivity index (χ3n) is 16.2. The molecule has 0 atom stereocenters. The van der Waals surface area contributed by atoms with Crippen LogP contribution in [0.3, 0.4) is 0 Å². The van der Waals surface area contributed by atoms with E-state index in [1.165, 1.54) is 109 Å². The molecule has 0 fully saturated rings. The summed E-state index contributed by atoms with van der Waals surface area (Å²) >= 11 is 0. The topological polar surface area (TPSA) is 61.4 Å². The third kappa shape index (κ3) is 30.2. The maximum atomic E-state index is 12.5. The Morgan fingerprint density at radius 1 is 0.368 bits per heavy atom. The van der Waals surface area contributed by atoms with Gasteiger partial charge in [-0.15, -0.1) is 0 Å². The number of likely N-dealkylation sites (N-methyl/N-ethyl adjacent to an activating group) is 1. The summed E-state index contributed by atoms with van der Waals surface area (Å²) in [6.07, 6.45) is 15.8. The highest BCUT2D eigenvalue weighted by Crippen LogP contribution is 3.02. The van der Waals surface area contributed by atoms with Gasteiger partial charge < -0.3 is 33.9 Å². The zero-order valence-corrected chi connectivity index (χ0v) is 60.1. The van der Waals surface area contributed by atoms with Crippen molar-refractivity contribution in [3.05, 3.63) is 166 Å². The number of hydrogen-bond donors (Lipinski definition) is 1. The lowest BCUT2D eigenvalue weighted by Crippen LogP contribution is -2.28. The van der Waals surface area contributed by atoms with Crippen molar-refractivity contribution in [3.63, 3.8) is 0 Å². The highest BCUT2D eigenvalue weighted by molar-refractivity contribution is 8.46. The molecule has 95 heavy (non-hydrogen) atoms. The Balaban J connectivity index is 0.000000206. The molecule has 6 aromatic rings. The molecule has 0 saturated carbocycles. The summed E-state index contributed by atoms with van der Waals surface area (Å²) in [6.45, 7) is 30.8. The second-order valence-electron chi connectivity index (χ2n) is 27.8. The van der Waals surface area contributed by atoms with Crippen molar-refractivity contribution >= 4 is 26.1 Å². The van der Waals surface area contributed by atoms with Crippen LogP contribution in [-0.2, 0) is 51.5 Å². The SMILES string of the molecule is CC(C)CCc1ccc(S(F)(F)(F)(F)F)cc1.CC(C)CCc1ccc2c(c1)CCCO2.CC(C)CCc1ccc2c(c1)OCCC2.CC(C)CCc1ccc2c(c1)OCCN2C.CC(C)CCc1ccc2c(c1)OCCO2.CC(C)NCc1cccc(S(F)(F)(F)(F)F)c1. The van der Waals surface area contributed by atoms with Crippen LogP contribution in [0, 0.1) is 29.6 Å². The molecule has 0 bridgehead atoms. The van der Waals surface area contributed by atoms with Gasteiger partial charge in [0.05, 0.1) is 25.4 Å². The maximum Gasteiger partial charge on any atom is 0.310 e. The molecule has 0 aromatic heterocycles. The van der Waals surface area contributed by atoms with E-state index in [-0.39, 0.29) is 18.2 Å². The van der Waals surface area contributed by atoms with Gasteiger partial charge in [-0.2, -0.15) is 0 Å². The molecule has 534 valence electrons. The van der Waals surface area contributed by atoms with E-state index in [1.807, 2.05) is 33.8 Å². The maximum absolute atomic E-state index is 12.5. The highest BCUT2D eigenvalue weighted by Gasteiger charge is 2.66. The van der Waals surface area contributed by atoms with Crippen LogP contribution >= 0.6 is 20.4 Å². The average Bonchev–Trinajstić information content (AvgIpc) is 0.737. The van der Waals surface area contributed by atoms with E-state index in [4.69, 9.17) is 23.7 Å². The van der Waals surface area contributed by atoms with Gasteiger partial charge in [0.2, 0.25) is 0 Å². The summed E-state index contributed by atoms with van der Waals surface area (Å²) < 4.78 is 152. The summed E-state index contributed by atoms with van der Waals surface area (Å²) in [5.41, 5.74) is 10.5. The van der Waals surface area contributed by atoms with Gasteiger partial charge in [-0.1, -0.05) is 183 Å². The van der Waals surface area contributed by atoms with Crippen LogP contribution in [0.15, 0.2) is 131 Å². The molecule has 4 aliphatic rings. The number of nitrogens with one attached hydrogen (secondary N) is 1. The average molecular weight is 1380 g/mol. The van der Waals surface area contributed by atoms with Crippen molar-refractivity contribution in [2.75, 3.05) is 51.5 Å². The number of ether oxygens (including phenoxy) is 5. The van der Waals surface area contributed by atoms with Crippen LogP contribution in [0.1, 0.15) is 173 Å². The third-order valence-corrected chi connectivity index (χ3v) is 18.5. The van der Waals surface area contributed by atoms with E-state index < -0.39 is 30.2 Å². The lowest BCUT2D eigenvalue weighted by molar-refractivity contribution is 0.171. The first-order valence-corrected chi connectivity index (χ1v) is 37.8. The van der Waals surface area contributed by atoms with E-state index in [0.29, 0.717) is 55.4 Å². The Bertz CT molecular complexity index is 3150. The number of aryl methyl sites for hydroxylation is 7. The van der Waals surface area contributed by atoms with E-state index >= 15 is 0 Å². The quantitative estimate of drug-likeness (QED) is 0.0764. The highest BCUT2D eigenvalue weighted by atomic mass is 32.5. The largest absolute Gasteiger partial charge is 0.493 e. The zero-order chi connectivity index (χ0) is 70.3. The van der Waals surface area contributed by atoms with Crippen LogP contribution in [0.25, 0.3) is 0 Å². The number of nitrogens with zero attached hydrogens (tertiary/aromatic N) is 1. The first-order chi connectivity index (χ1) is 44.2. The number of rotatable bonds is 20. The lowest BCUT2D eigenvalue weighted by atomic mass is 9.98. The van der Waals surface area contributed by atoms with Gasteiger partial charge in [-0.05, 0) is 225 Å². The van der Waals surface area contributed by atoms with Gasteiger partial charge in [0.25, 0.3) is 0 Å². The van der Waals surface area contributed by atoms with Gasteiger partial charge in [0.15, 0.2) is 11.5 Å². The molecule has 0 saturated heterocycles. The second kappa shape index (κ2) is 34.0. The molecule has 0 amide bonds. The van der Waals surface area contributed by atoms with Gasteiger partial charge in [0.1, 0.15) is 46.9 Å². The van der Waals surface area contributed by atoms with Crippen LogP contribution in [0.5, 0.6) is 28.7 Å². The molecular formula is C76H108F10N2O5S2. The summed E-state index contributed by atoms with van der Waals surface area (Å²) in [4.78, 5) is -1.41. The molecule has 6 aromatic carbocycles. The van der Waals surface area contributed by atoms with Gasteiger partial charge in [-0.25, -0.2) is 0 Å². The van der Waals surface area contributed by atoms with Crippen LogP contribution in [0.4, 0.5) is 44.5 Å². The fraction of sp³-hybridized carbons (Fsp3) is 0.526. The standard InChI is InChI=1S/C14H21NO.2C14H20O.C13H18O2.C11H15F5S.C10H14F5NS/c1-11(2)4-5-12-6-7-13-14(10-12)16-9-8-15(13)3;1-11(2)5-6-12-7-8-14-13(10-12)4-3-9-15-14;1-11(2)5-6-12-7-8-13-4-3-9-15-14(13)10-12;1-10(2)3-4-11-5-6-12-13(9-11)15-8-7-14-12;1-9(2)3-4-10-5-7-11(8-6-10)17(12,13,14,15)16;1-8(2)16-7-9-4-3-5-10(6-9)17(11,12,13,14)15/h6-7,10-11H,4-5,8-9H2,1-3H3;2*7-8,10-11H,3-6,9H2,1-2H3;5-6,9-10H,3-4,7-8H2,1-2H3;5-9H,3-4H2,1-2H3;3-6,8,16H,7H2,1-2H3. The first-order valence-electron chi connectivity index (χ1n) is 33.9. The molecule has 19 heteroatoms. The number of benzene rings is 6. The summed E-state index contributed by atoms with van der Waals surface area (Å²) in [7, 11) is -16.9. The normalized spacial score (nSPS) is 15.4. The van der Waals surface area contributed by atoms with E-state index in [2.05, 4.69) is 139 Å². The number of hydrogen-bond acceptors (Lipinski definition) is 7. The van der Waals surface area contributed by atoms with Crippen molar-refractivity contribution in [2.45, 2.75) is 195 Å². The molecule has 0 radical (unpaired) electrons. The Labute approximate surface area is 562 Å². The fourth-order valence-electron chi connectivity index (χ4n) is 10.3. The van der Waals surface area contributed by atoms with E-state index in [1.54, 1.807) is 0 Å². The van der Waals surface area contributed by atoms with Crippen molar-refractivity contribution in [1.82, 2.24) is 5.32 Å². The molecule has 4 aliphatic heterocycles. The summed E-state index contributed by atoms with van der Waals surface area (Å²) in [5, 5.41) is 2.87. The predicted octanol–water partition coefficient (Wildman–Crippen LogP) is 24.1. The van der Waals surface area contributed by atoms with Crippen LogP contribution < -0.4 is 33.9 Å². The summed E-state index contributed by atoms with van der Waals surface area (Å²) in [5.74, 6) is 8.58. The monoisotopic (exact) mass is 1380 g/mol. The lowest BCUT2D eigenvalue weighted by Gasteiger charge is -2.40. The minimum Gasteiger partial charge on any atom is -0.493 e.